The predicted octanol–water partition coefficient (Wildman–Crippen LogP) is 21.2. The average Bonchev–Trinajstić information content (AvgIpc) is 3.73. The minimum atomic E-state index is -4.95. The number of rotatable bonds is 72. The molecule has 0 aromatic heterocycles. The third kappa shape index (κ3) is 66.7. The molecule has 0 aromatic rings. The molecule has 0 aliphatic carbocycles. The van der Waals surface area contributed by atoms with Crippen LogP contribution in [-0.4, -0.2) is 96.7 Å². The Kier molecular flexibility index (Phi) is 63.7. The summed E-state index contributed by atoms with van der Waals surface area (Å²) >= 11 is 0. The number of esters is 4. The number of hydrogen-bond acceptors (Lipinski definition) is 15. The summed E-state index contributed by atoms with van der Waals surface area (Å²) in [6.07, 6.45) is 51.5. The number of phosphoric ester groups is 2. The van der Waals surface area contributed by atoms with Crippen molar-refractivity contribution >= 4 is 39.5 Å². The number of carbonyl (C=O) groups excluding carboxylic acids is 4. The molecule has 0 saturated heterocycles. The van der Waals surface area contributed by atoms with Gasteiger partial charge in [0.25, 0.3) is 0 Å². The van der Waals surface area contributed by atoms with E-state index in [2.05, 4.69) is 41.5 Å². The topological polar surface area (TPSA) is 237 Å². The zero-order valence-corrected chi connectivity index (χ0v) is 61.6. The molecular formula is C73H142O17P2. The highest BCUT2D eigenvalue weighted by Gasteiger charge is 2.30. The summed E-state index contributed by atoms with van der Waals surface area (Å²) < 4.78 is 68.3. The largest absolute Gasteiger partial charge is 0.472 e. The molecule has 0 bridgehead atoms. The second-order valence-corrected chi connectivity index (χ2v) is 30.2. The minimum absolute atomic E-state index is 0.105. The fourth-order valence-corrected chi connectivity index (χ4v) is 12.7. The van der Waals surface area contributed by atoms with Gasteiger partial charge < -0.3 is 33.8 Å². The van der Waals surface area contributed by atoms with E-state index in [0.717, 1.165) is 102 Å². The maximum Gasteiger partial charge on any atom is 0.472 e. The smallest absolute Gasteiger partial charge is 0.462 e. The maximum atomic E-state index is 13.1. The fourth-order valence-electron chi connectivity index (χ4n) is 11.1. The number of carbonyl (C=O) groups is 4. The molecule has 17 nitrogen and oxygen atoms in total. The first-order valence-corrected chi connectivity index (χ1v) is 41.0. The molecule has 546 valence electrons. The highest BCUT2D eigenvalue weighted by atomic mass is 31.2. The normalized spacial score (nSPS) is 14.1. The van der Waals surface area contributed by atoms with Crippen LogP contribution in [0.15, 0.2) is 0 Å². The summed E-state index contributed by atoms with van der Waals surface area (Å²) in [5.74, 6) is -0.646. The number of ether oxygens (including phenoxy) is 4. The Bertz CT molecular complexity index is 1790. The van der Waals surface area contributed by atoms with Crippen LogP contribution < -0.4 is 0 Å². The highest BCUT2D eigenvalue weighted by Crippen LogP contribution is 2.45. The second-order valence-electron chi connectivity index (χ2n) is 27.3. The van der Waals surface area contributed by atoms with Gasteiger partial charge in [0.2, 0.25) is 0 Å². The van der Waals surface area contributed by atoms with Crippen LogP contribution in [0, 0.1) is 11.8 Å². The molecule has 0 radical (unpaired) electrons. The lowest BCUT2D eigenvalue weighted by atomic mass is 10.0. The number of unbranched alkanes of at least 4 members (excludes halogenated alkanes) is 42. The molecule has 3 N–H and O–H groups in total. The Morgan fingerprint density at radius 1 is 0.293 bits per heavy atom. The van der Waals surface area contributed by atoms with Crippen LogP contribution in [0.4, 0.5) is 0 Å². The zero-order valence-electron chi connectivity index (χ0n) is 59.9. The van der Waals surface area contributed by atoms with Gasteiger partial charge in [-0.3, -0.25) is 37.3 Å². The predicted molar refractivity (Wildman–Crippen MR) is 372 cm³/mol. The van der Waals surface area contributed by atoms with Crippen molar-refractivity contribution in [2.45, 2.75) is 394 Å². The summed E-state index contributed by atoms with van der Waals surface area (Å²) in [7, 11) is -9.90. The Morgan fingerprint density at radius 2 is 0.500 bits per heavy atom. The number of aliphatic hydroxyl groups is 1. The standard InChI is InChI=1S/C73H142O17P2/c1-7-9-11-13-15-17-18-19-20-21-22-23-24-25-26-32-39-45-51-57-72(77)89-68(62-84-71(76)56-50-44-38-31-28-27-30-35-41-47-53-65(3)4)63-87-91(79,80)85-59-67(74)60-86-92(81,82)88-64-69(61-83-70(75)55-49-43-37-29-16-14-12-10-8-2)90-73(78)58-52-46-40-34-33-36-42-48-54-66(5)6/h65-69,74H,7-64H2,1-6H3,(H,79,80)(H,81,82)/t67-,68-,69-/m1/s1. The van der Waals surface area contributed by atoms with Crippen molar-refractivity contribution in [2.75, 3.05) is 39.6 Å². The Hall–Kier alpha value is -1.94. The summed E-state index contributed by atoms with van der Waals surface area (Å²) in [4.78, 5) is 72.6. The average molecular weight is 1350 g/mol. The van der Waals surface area contributed by atoms with Gasteiger partial charge in [-0.25, -0.2) is 9.13 Å². The van der Waals surface area contributed by atoms with Crippen molar-refractivity contribution in [2.24, 2.45) is 11.8 Å². The highest BCUT2D eigenvalue weighted by molar-refractivity contribution is 7.47. The first-order chi connectivity index (χ1) is 44.4. The summed E-state index contributed by atoms with van der Waals surface area (Å²) in [5, 5.41) is 10.6. The van der Waals surface area contributed by atoms with E-state index >= 15 is 0 Å². The molecular weight excluding hydrogens is 1210 g/mol. The van der Waals surface area contributed by atoms with Gasteiger partial charge in [0, 0.05) is 25.7 Å². The molecule has 2 unspecified atom stereocenters. The van der Waals surface area contributed by atoms with Crippen molar-refractivity contribution in [3.05, 3.63) is 0 Å². The van der Waals surface area contributed by atoms with E-state index in [0.29, 0.717) is 25.7 Å². The molecule has 0 rings (SSSR count). The van der Waals surface area contributed by atoms with Crippen molar-refractivity contribution in [1.29, 1.82) is 0 Å². The summed E-state index contributed by atoms with van der Waals surface area (Å²) in [6, 6.07) is 0. The van der Waals surface area contributed by atoms with E-state index in [1.165, 1.54) is 193 Å². The van der Waals surface area contributed by atoms with Crippen LogP contribution in [-0.2, 0) is 65.4 Å². The van der Waals surface area contributed by atoms with E-state index in [4.69, 9.17) is 37.0 Å². The molecule has 0 aliphatic heterocycles. The van der Waals surface area contributed by atoms with Crippen LogP contribution in [0.2, 0.25) is 0 Å². The molecule has 0 heterocycles. The number of aliphatic hydroxyl groups excluding tert-OH is 1. The Labute approximate surface area is 562 Å². The second kappa shape index (κ2) is 65.0. The van der Waals surface area contributed by atoms with Crippen LogP contribution in [0.25, 0.3) is 0 Å². The summed E-state index contributed by atoms with van der Waals surface area (Å²) in [6.45, 7) is 9.51. The van der Waals surface area contributed by atoms with Crippen LogP contribution in [0.1, 0.15) is 375 Å². The van der Waals surface area contributed by atoms with Crippen LogP contribution in [0.3, 0.4) is 0 Å². The zero-order chi connectivity index (χ0) is 67.9. The van der Waals surface area contributed by atoms with E-state index in [-0.39, 0.29) is 25.7 Å². The lowest BCUT2D eigenvalue weighted by Crippen LogP contribution is -2.30. The molecule has 5 atom stereocenters. The van der Waals surface area contributed by atoms with Gasteiger partial charge in [0.15, 0.2) is 12.2 Å². The van der Waals surface area contributed by atoms with E-state index in [9.17, 15) is 43.2 Å². The van der Waals surface area contributed by atoms with Crippen LogP contribution in [0.5, 0.6) is 0 Å². The number of hydrogen-bond donors (Lipinski definition) is 3. The monoisotopic (exact) mass is 1350 g/mol. The van der Waals surface area contributed by atoms with E-state index in [1.54, 1.807) is 0 Å². The first-order valence-electron chi connectivity index (χ1n) is 38.0. The van der Waals surface area contributed by atoms with Gasteiger partial charge >= 0.3 is 39.5 Å². The minimum Gasteiger partial charge on any atom is -0.462 e. The molecule has 0 aromatic carbocycles. The van der Waals surface area contributed by atoms with E-state index in [1.807, 2.05) is 0 Å². The molecule has 0 saturated carbocycles. The van der Waals surface area contributed by atoms with Gasteiger partial charge in [-0.05, 0) is 37.5 Å². The lowest BCUT2D eigenvalue weighted by Gasteiger charge is -2.21. The Morgan fingerprint density at radius 3 is 0.739 bits per heavy atom. The molecule has 0 fully saturated rings. The van der Waals surface area contributed by atoms with Crippen molar-refractivity contribution in [1.82, 2.24) is 0 Å². The molecule has 0 spiro atoms. The first kappa shape index (κ1) is 90.1. The van der Waals surface area contributed by atoms with Crippen LogP contribution >= 0.6 is 15.6 Å². The van der Waals surface area contributed by atoms with Gasteiger partial charge in [-0.1, -0.05) is 324 Å². The molecule has 92 heavy (non-hydrogen) atoms. The lowest BCUT2D eigenvalue weighted by molar-refractivity contribution is -0.161. The van der Waals surface area contributed by atoms with Gasteiger partial charge in [-0.15, -0.1) is 0 Å². The van der Waals surface area contributed by atoms with Crippen molar-refractivity contribution < 1.29 is 80.2 Å². The number of phosphoric acid groups is 2. The van der Waals surface area contributed by atoms with Gasteiger partial charge in [0.1, 0.15) is 19.3 Å². The maximum absolute atomic E-state index is 13.1. The third-order valence-corrected chi connectivity index (χ3v) is 18.9. The summed E-state index contributed by atoms with van der Waals surface area (Å²) in [5.41, 5.74) is 0. The van der Waals surface area contributed by atoms with Gasteiger partial charge in [0.05, 0.1) is 26.4 Å². The third-order valence-electron chi connectivity index (χ3n) is 17.0. The van der Waals surface area contributed by atoms with Gasteiger partial charge in [-0.2, -0.15) is 0 Å². The molecule has 19 heteroatoms. The van der Waals surface area contributed by atoms with Crippen molar-refractivity contribution in [3.8, 4) is 0 Å². The molecule has 0 amide bonds. The van der Waals surface area contributed by atoms with E-state index < -0.39 is 97.5 Å². The SMILES string of the molecule is CCCCCCCCCCCCCCCCCCCCCC(=O)O[C@H](COC(=O)CCCCCCCCCCCCC(C)C)COP(=O)(O)OC[C@@H](O)COP(=O)(O)OC[C@@H](COC(=O)CCCCCCCCCCC)OC(=O)CCCCCCCCCCC(C)C. The Balaban J connectivity index is 5.21. The quantitative estimate of drug-likeness (QED) is 0.0222. The molecule has 0 aliphatic rings. The van der Waals surface area contributed by atoms with Crippen molar-refractivity contribution in [3.63, 3.8) is 0 Å². The fraction of sp³-hybridized carbons (Fsp3) is 0.945.